The largest absolute Gasteiger partial charge is 0.356 e. The van der Waals surface area contributed by atoms with E-state index in [9.17, 15) is 4.79 Å². The van der Waals surface area contributed by atoms with Crippen LogP contribution in [0.1, 0.15) is 28.8 Å². The van der Waals surface area contributed by atoms with Gasteiger partial charge < -0.3 is 15.2 Å². The van der Waals surface area contributed by atoms with Crippen LogP contribution in [0.25, 0.3) is 11.0 Å². The number of carbonyl (C=O) groups is 1. The zero-order valence-corrected chi connectivity index (χ0v) is 14.1. The van der Waals surface area contributed by atoms with Crippen molar-refractivity contribution in [2.75, 3.05) is 18.0 Å². The standard InChI is InChI=1S/C18H20N6O/c1-12-10-20-16-15(12)17(22-11-21-16)24-8-4-14(5-9-24)23-18(25)13-2-6-19-7-3-13/h2-3,6-7,10-11,14H,4-5,8-9H2,1H3,(H,23,25)(H,20,21,22). The molecular weight excluding hydrogens is 316 g/mol. The molecule has 7 heteroatoms. The summed E-state index contributed by atoms with van der Waals surface area (Å²) >= 11 is 0. The predicted molar refractivity (Wildman–Crippen MR) is 95.6 cm³/mol. The summed E-state index contributed by atoms with van der Waals surface area (Å²) in [5, 5.41) is 4.20. The number of rotatable bonds is 3. The van der Waals surface area contributed by atoms with Gasteiger partial charge in [-0.25, -0.2) is 9.97 Å². The molecule has 0 saturated carbocycles. The van der Waals surface area contributed by atoms with E-state index in [1.807, 2.05) is 6.20 Å². The van der Waals surface area contributed by atoms with Crippen molar-refractivity contribution < 1.29 is 4.79 Å². The Kier molecular flexibility index (Phi) is 4.05. The van der Waals surface area contributed by atoms with Gasteiger partial charge in [-0.1, -0.05) is 0 Å². The van der Waals surface area contributed by atoms with Gasteiger partial charge >= 0.3 is 0 Å². The molecular formula is C18H20N6O. The van der Waals surface area contributed by atoms with E-state index < -0.39 is 0 Å². The number of hydrogen-bond acceptors (Lipinski definition) is 5. The van der Waals surface area contributed by atoms with Crippen molar-refractivity contribution in [3.05, 3.63) is 48.2 Å². The lowest BCUT2D eigenvalue weighted by Gasteiger charge is -2.33. The summed E-state index contributed by atoms with van der Waals surface area (Å²) in [4.78, 5) is 30.5. The van der Waals surface area contributed by atoms with Crippen LogP contribution >= 0.6 is 0 Å². The first-order valence-electron chi connectivity index (χ1n) is 8.47. The average molecular weight is 336 g/mol. The third-order valence-electron chi connectivity index (χ3n) is 4.72. The number of pyridine rings is 1. The zero-order chi connectivity index (χ0) is 17.2. The Morgan fingerprint density at radius 1 is 1.24 bits per heavy atom. The van der Waals surface area contributed by atoms with Gasteiger partial charge in [0.1, 0.15) is 17.8 Å². The first-order valence-corrected chi connectivity index (χ1v) is 8.47. The average Bonchev–Trinajstić information content (AvgIpc) is 3.04. The molecule has 128 valence electrons. The summed E-state index contributed by atoms with van der Waals surface area (Å²) < 4.78 is 0. The Balaban J connectivity index is 1.43. The van der Waals surface area contributed by atoms with Crippen LogP contribution in [0.4, 0.5) is 5.82 Å². The number of piperidine rings is 1. The fraction of sp³-hybridized carbons (Fsp3) is 0.333. The van der Waals surface area contributed by atoms with Crippen LogP contribution in [0, 0.1) is 6.92 Å². The maximum atomic E-state index is 12.3. The van der Waals surface area contributed by atoms with Gasteiger partial charge in [0, 0.05) is 43.3 Å². The number of H-pyrrole nitrogens is 1. The normalized spacial score (nSPS) is 15.5. The molecule has 3 aromatic heterocycles. The summed E-state index contributed by atoms with van der Waals surface area (Å²) in [6, 6.07) is 3.65. The van der Waals surface area contributed by atoms with Crippen molar-refractivity contribution in [2.24, 2.45) is 0 Å². The quantitative estimate of drug-likeness (QED) is 0.764. The SMILES string of the molecule is Cc1c[nH]c2ncnc(N3CCC(NC(=O)c4ccncc4)CC3)c12. The number of hydrogen-bond donors (Lipinski definition) is 2. The van der Waals surface area contributed by atoms with Crippen LogP contribution in [0.5, 0.6) is 0 Å². The van der Waals surface area contributed by atoms with Gasteiger partial charge in [0.2, 0.25) is 0 Å². The number of amides is 1. The summed E-state index contributed by atoms with van der Waals surface area (Å²) in [5.74, 6) is 0.939. The Morgan fingerprint density at radius 3 is 2.76 bits per heavy atom. The molecule has 0 unspecified atom stereocenters. The molecule has 3 aromatic rings. The molecule has 1 saturated heterocycles. The smallest absolute Gasteiger partial charge is 0.251 e. The number of aromatic nitrogens is 4. The fourth-order valence-corrected chi connectivity index (χ4v) is 3.35. The molecule has 1 aliphatic heterocycles. The second-order valence-electron chi connectivity index (χ2n) is 6.36. The highest BCUT2D eigenvalue weighted by Gasteiger charge is 2.24. The molecule has 1 aliphatic rings. The Bertz CT molecular complexity index is 883. The van der Waals surface area contributed by atoms with Gasteiger partial charge in [0.15, 0.2) is 0 Å². The van der Waals surface area contributed by atoms with E-state index >= 15 is 0 Å². The Morgan fingerprint density at radius 2 is 2.00 bits per heavy atom. The van der Waals surface area contributed by atoms with Gasteiger partial charge in [0.25, 0.3) is 5.91 Å². The highest BCUT2D eigenvalue weighted by Crippen LogP contribution is 2.27. The van der Waals surface area contributed by atoms with Crippen LogP contribution in [-0.2, 0) is 0 Å². The van der Waals surface area contributed by atoms with Crippen LogP contribution in [0.3, 0.4) is 0 Å². The number of aromatic amines is 1. The molecule has 0 radical (unpaired) electrons. The number of nitrogens with one attached hydrogen (secondary N) is 2. The molecule has 2 N–H and O–H groups in total. The maximum absolute atomic E-state index is 12.3. The van der Waals surface area contributed by atoms with Crippen molar-refractivity contribution in [2.45, 2.75) is 25.8 Å². The molecule has 0 bridgehead atoms. The lowest BCUT2D eigenvalue weighted by atomic mass is 10.0. The van der Waals surface area contributed by atoms with Crippen molar-refractivity contribution in [1.82, 2.24) is 25.3 Å². The second-order valence-corrected chi connectivity index (χ2v) is 6.36. The number of carbonyl (C=O) groups excluding carboxylic acids is 1. The number of fused-ring (bicyclic) bond motifs is 1. The lowest BCUT2D eigenvalue weighted by Crippen LogP contribution is -2.45. The molecule has 7 nitrogen and oxygen atoms in total. The molecule has 25 heavy (non-hydrogen) atoms. The van der Waals surface area contributed by atoms with Crippen LogP contribution in [0.2, 0.25) is 0 Å². The third-order valence-corrected chi connectivity index (χ3v) is 4.72. The topological polar surface area (TPSA) is 86.8 Å². The first-order chi connectivity index (χ1) is 12.2. The predicted octanol–water partition coefficient (Wildman–Crippen LogP) is 2.06. The molecule has 0 atom stereocenters. The molecule has 0 spiro atoms. The first kappa shape index (κ1) is 15.6. The van der Waals surface area contributed by atoms with Crippen molar-refractivity contribution in [1.29, 1.82) is 0 Å². The van der Waals surface area contributed by atoms with E-state index in [-0.39, 0.29) is 11.9 Å². The third kappa shape index (κ3) is 3.05. The number of nitrogens with zero attached hydrogens (tertiary/aromatic N) is 4. The van der Waals surface area contributed by atoms with Crippen molar-refractivity contribution in [3.63, 3.8) is 0 Å². The molecule has 4 rings (SSSR count). The van der Waals surface area contributed by atoms with Crippen LogP contribution < -0.4 is 10.2 Å². The van der Waals surface area contributed by atoms with Gasteiger partial charge in [-0.3, -0.25) is 9.78 Å². The summed E-state index contributed by atoms with van der Waals surface area (Å²) in [5.41, 5.74) is 2.67. The minimum Gasteiger partial charge on any atom is -0.356 e. The molecule has 0 aliphatic carbocycles. The maximum Gasteiger partial charge on any atom is 0.251 e. The summed E-state index contributed by atoms with van der Waals surface area (Å²) in [6.45, 7) is 3.78. The van der Waals surface area contributed by atoms with Gasteiger partial charge in [-0.15, -0.1) is 0 Å². The van der Waals surface area contributed by atoms with E-state index in [1.165, 1.54) is 0 Å². The Hall–Kier alpha value is -2.96. The number of anilines is 1. The van der Waals surface area contributed by atoms with E-state index in [0.29, 0.717) is 5.56 Å². The summed E-state index contributed by atoms with van der Waals surface area (Å²) in [7, 11) is 0. The monoisotopic (exact) mass is 336 g/mol. The van der Waals surface area contributed by atoms with E-state index in [4.69, 9.17) is 0 Å². The molecule has 0 aromatic carbocycles. The molecule has 1 amide bonds. The van der Waals surface area contributed by atoms with Crippen LogP contribution in [0.15, 0.2) is 37.1 Å². The van der Waals surface area contributed by atoms with Gasteiger partial charge in [-0.2, -0.15) is 0 Å². The van der Waals surface area contributed by atoms with Crippen molar-refractivity contribution in [3.8, 4) is 0 Å². The van der Waals surface area contributed by atoms with Crippen LogP contribution in [-0.4, -0.2) is 45.0 Å². The summed E-state index contributed by atoms with van der Waals surface area (Å²) in [6.07, 6.45) is 8.63. The van der Waals surface area contributed by atoms with E-state index in [2.05, 4.69) is 37.1 Å². The van der Waals surface area contributed by atoms with E-state index in [0.717, 1.165) is 48.3 Å². The minimum absolute atomic E-state index is 0.0354. The second kappa shape index (κ2) is 6.51. The fourth-order valence-electron chi connectivity index (χ4n) is 3.35. The van der Waals surface area contributed by atoms with Crippen molar-refractivity contribution >= 4 is 22.8 Å². The highest BCUT2D eigenvalue weighted by atomic mass is 16.1. The highest BCUT2D eigenvalue weighted by molar-refractivity contribution is 5.94. The van der Waals surface area contributed by atoms with Gasteiger partial charge in [-0.05, 0) is 37.5 Å². The van der Waals surface area contributed by atoms with Gasteiger partial charge in [0.05, 0.1) is 5.39 Å². The zero-order valence-electron chi connectivity index (χ0n) is 14.1. The van der Waals surface area contributed by atoms with E-state index in [1.54, 1.807) is 30.9 Å². The lowest BCUT2D eigenvalue weighted by molar-refractivity contribution is 0.0931. The molecule has 4 heterocycles. The Labute approximate surface area is 145 Å². The minimum atomic E-state index is -0.0354. The number of aryl methyl sites for hydroxylation is 1. The molecule has 1 fully saturated rings.